The predicted octanol–water partition coefficient (Wildman–Crippen LogP) is 3.33. The van der Waals surface area contributed by atoms with Crippen molar-refractivity contribution < 1.29 is 4.74 Å². The molecule has 1 N–H and O–H groups in total. The molecule has 0 unspecified atom stereocenters. The third kappa shape index (κ3) is 2.17. The van der Waals surface area contributed by atoms with Gasteiger partial charge in [-0.05, 0) is 38.1 Å². The minimum atomic E-state index is 0.634. The van der Waals surface area contributed by atoms with Crippen molar-refractivity contribution in [2.45, 2.75) is 13.8 Å². The summed E-state index contributed by atoms with van der Waals surface area (Å²) < 4.78 is 5.63. The van der Waals surface area contributed by atoms with Crippen molar-refractivity contribution in [3.8, 4) is 17.1 Å². The van der Waals surface area contributed by atoms with Crippen molar-refractivity contribution in [3.05, 3.63) is 42.1 Å². The number of fused-ring (bicyclic) bond motifs is 1. The highest BCUT2D eigenvalue weighted by molar-refractivity contribution is 5.77. The van der Waals surface area contributed by atoms with Crippen molar-refractivity contribution in [2.24, 2.45) is 0 Å². The van der Waals surface area contributed by atoms with Crippen molar-refractivity contribution in [2.75, 3.05) is 6.61 Å². The fourth-order valence-corrected chi connectivity index (χ4v) is 2.06. The summed E-state index contributed by atoms with van der Waals surface area (Å²) in [6, 6.07) is 11.8. The number of ether oxygens (including phenoxy) is 1. The zero-order valence-electron chi connectivity index (χ0n) is 11.0. The molecule has 3 rings (SSSR count). The quantitative estimate of drug-likeness (QED) is 0.779. The number of hydrogen-bond donors (Lipinski definition) is 1. The molecule has 0 atom stereocenters. The minimum Gasteiger partial charge on any atom is -0.493 e. The van der Waals surface area contributed by atoms with Crippen LogP contribution in [0.2, 0.25) is 0 Å². The number of pyridine rings is 1. The molecule has 0 aliphatic heterocycles. The lowest BCUT2D eigenvalue weighted by molar-refractivity contribution is 0.341. The van der Waals surface area contributed by atoms with E-state index in [4.69, 9.17) is 4.74 Å². The minimum absolute atomic E-state index is 0.634. The molecule has 0 bridgehead atoms. The maximum atomic E-state index is 5.63. The number of nitrogens with one attached hydrogen (secondary N) is 1. The number of hydrogen-bond acceptors (Lipinski definition) is 3. The molecule has 4 heteroatoms. The molecule has 1 aromatic carbocycles. The van der Waals surface area contributed by atoms with E-state index in [1.54, 1.807) is 0 Å². The van der Waals surface area contributed by atoms with Gasteiger partial charge in [0.05, 0.1) is 17.7 Å². The second-order valence-corrected chi connectivity index (χ2v) is 4.34. The molecule has 0 amide bonds. The van der Waals surface area contributed by atoms with Crippen molar-refractivity contribution >= 4 is 11.2 Å². The molecular weight excluding hydrogens is 238 g/mol. The molecule has 2 aromatic heterocycles. The summed E-state index contributed by atoms with van der Waals surface area (Å²) in [5, 5.41) is 0. The smallest absolute Gasteiger partial charge is 0.178 e. The Morgan fingerprint density at radius 2 is 1.95 bits per heavy atom. The van der Waals surface area contributed by atoms with Gasteiger partial charge in [0.1, 0.15) is 11.6 Å². The van der Waals surface area contributed by atoms with Gasteiger partial charge < -0.3 is 9.72 Å². The second-order valence-electron chi connectivity index (χ2n) is 4.34. The Balaban J connectivity index is 2.13. The Labute approximate surface area is 111 Å². The third-order valence-corrected chi connectivity index (χ3v) is 2.93. The summed E-state index contributed by atoms with van der Waals surface area (Å²) in [5.41, 5.74) is 3.59. The van der Waals surface area contributed by atoms with E-state index in [2.05, 4.69) is 15.0 Å². The lowest BCUT2D eigenvalue weighted by atomic mass is 10.2. The highest BCUT2D eigenvalue weighted by atomic mass is 16.5. The van der Waals surface area contributed by atoms with E-state index in [1.165, 1.54) is 0 Å². The van der Waals surface area contributed by atoms with E-state index in [0.29, 0.717) is 6.61 Å². The molecule has 0 saturated heterocycles. The first-order valence-corrected chi connectivity index (χ1v) is 6.33. The SMILES string of the molecule is CCOc1ccccc1-c1nc2nc(C)ccc2[nH]1. The molecule has 19 heavy (non-hydrogen) atoms. The van der Waals surface area contributed by atoms with E-state index < -0.39 is 0 Å². The van der Waals surface area contributed by atoms with Gasteiger partial charge >= 0.3 is 0 Å². The molecule has 2 heterocycles. The standard InChI is InChI=1S/C15H15N3O/c1-3-19-13-7-5-4-6-11(13)14-17-12-9-8-10(2)16-15(12)18-14/h4-9H,3H2,1-2H3,(H,16,17,18). The number of imidazole rings is 1. The number of aromatic nitrogens is 3. The van der Waals surface area contributed by atoms with Crippen LogP contribution in [0.1, 0.15) is 12.6 Å². The van der Waals surface area contributed by atoms with Gasteiger partial charge in [-0.3, -0.25) is 0 Å². The number of aryl methyl sites for hydroxylation is 1. The number of rotatable bonds is 3. The summed E-state index contributed by atoms with van der Waals surface area (Å²) in [6.07, 6.45) is 0. The molecule has 96 valence electrons. The van der Waals surface area contributed by atoms with Gasteiger partial charge in [-0.1, -0.05) is 12.1 Å². The number of aromatic amines is 1. The zero-order chi connectivity index (χ0) is 13.2. The monoisotopic (exact) mass is 253 g/mol. The van der Waals surface area contributed by atoms with Crippen LogP contribution in [-0.2, 0) is 0 Å². The van der Waals surface area contributed by atoms with Gasteiger partial charge in [0, 0.05) is 5.69 Å². The number of benzene rings is 1. The van der Waals surface area contributed by atoms with Gasteiger partial charge in [0.25, 0.3) is 0 Å². The first-order valence-electron chi connectivity index (χ1n) is 6.33. The lowest BCUT2D eigenvalue weighted by Crippen LogP contribution is -1.94. The largest absolute Gasteiger partial charge is 0.493 e. The summed E-state index contributed by atoms with van der Waals surface area (Å²) >= 11 is 0. The van der Waals surface area contributed by atoms with Crippen LogP contribution in [0.15, 0.2) is 36.4 Å². The van der Waals surface area contributed by atoms with E-state index >= 15 is 0 Å². The van der Waals surface area contributed by atoms with Gasteiger partial charge in [0.15, 0.2) is 5.65 Å². The summed E-state index contributed by atoms with van der Waals surface area (Å²) in [6.45, 7) is 4.57. The molecule has 0 spiro atoms. The number of H-pyrrole nitrogens is 1. The molecule has 0 aliphatic carbocycles. The Bertz CT molecular complexity index is 718. The van der Waals surface area contributed by atoms with E-state index in [9.17, 15) is 0 Å². The molecule has 0 radical (unpaired) electrons. The molecule has 4 nitrogen and oxygen atoms in total. The van der Waals surface area contributed by atoms with Crippen LogP contribution in [-0.4, -0.2) is 21.6 Å². The molecule has 0 fully saturated rings. The molecular formula is C15H15N3O. The van der Waals surface area contributed by atoms with Crippen LogP contribution in [0, 0.1) is 6.92 Å². The van der Waals surface area contributed by atoms with Gasteiger partial charge in [-0.15, -0.1) is 0 Å². The fourth-order valence-electron chi connectivity index (χ4n) is 2.06. The van der Waals surface area contributed by atoms with Crippen LogP contribution < -0.4 is 4.74 Å². The Morgan fingerprint density at radius 1 is 1.11 bits per heavy atom. The first kappa shape index (κ1) is 11.7. The van der Waals surface area contributed by atoms with Crippen molar-refractivity contribution in [3.63, 3.8) is 0 Å². The Kier molecular flexibility index (Phi) is 2.91. The fraction of sp³-hybridized carbons (Fsp3) is 0.200. The van der Waals surface area contributed by atoms with E-state index in [-0.39, 0.29) is 0 Å². The van der Waals surface area contributed by atoms with Crippen LogP contribution in [0.5, 0.6) is 5.75 Å². The molecule has 0 saturated carbocycles. The Hall–Kier alpha value is -2.36. The Morgan fingerprint density at radius 3 is 2.79 bits per heavy atom. The van der Waals surface area contributed by atoms with Gasteiger partial charge in [-0.25, -0.2) is 9.97 Å². The summed E-state index contributed by atoms with van der Waals surface area (Å²) in [4.78, 5) is 12.2. The van der Waals surface area contributed by atoms with Crippen LogP contribution >= 0.6 is 0 Å². The maximum Gasteiger partial charge on any atom is 0.178 e. The lowest BCUT2D eigenvalue weighted by Gasteiger charge is -2.07. The predicted molar refractivity (Wildman–Crippen MR) is 75.2 cm³/mol. The molecule has 3 aromatic rings. The number of nitrogens with zero attached hydrogens (tertiary/aromatic N) is 2. The first-order chi connectivity index (χ1) is 9.28. The van der Waals surface area contributed by atoms with E-state index in [1.807, 2.05) is 50.2 Å². The maximum absolute atomic E-state index is 5.63. The van der Waals surface area contributed by atoms with Crippen molar-refractivity contribution in [1.82, 2.24) is 15.0 Å². The zero-order valence-corrected chi connectivity index (χ0v) is 11.0. The topological polar surface area (TPSA) is 50.8 Å². The van der Waals surface area contributed by atoms with Gasteiger partial charge in [0.2, 0.25) is 0 Å². The normalized spacial score (nSPS) is 10.8. The van der Waals surface area contributed by atoms with E-state index in [0.717, 1.165) is 34.0 Å². The highest BCUT2D eigenvalue weighted by Crippen LogP contribution is 2.28. The van der Waals surface area contributed by atoms with Crippen molar-refractivity contribution in [1.29, 1.82) is 0 Å². The van der Waals surface area contributed by atoms with Gasteiger partial charge in [-0.2, -0.15) is 0 Å². The molecule has 0 aliphatic rings. The van der Waals surface area contributed by atoms with Crippen LogP contribution in [0.25, 0.3) is 22.6 Å². The summed E-state index contributed by atoms with van der Waals surface area (Å²) in [7, 11) is 0. The highest BCUT2D eigenvalue weighted by Gasteiger charge is 2.10. The van der Waals surface area contributed by atoms with Crippen LogP contribution in [0.4, 0.5) is 0 Å². The average molecular weight is 253 g/mol. The average Bonchev–Trinajstić information content (AvgIpc) is 2.82. The summed E-state index contributed by atoms with van der Waals surface area (Å²) in [5.74, 6) is 1.62. The van der Waals surface area contributed by atoms with Crippen LogP contribution in [0.3, 0.4) is 0 Å². The second kappa shape index (κ2) is 4.72. The number of para-hydroxylation sites is 1. The third-order valence-electron chi connectivity index (χ3n) is 2.93.